The van der Waals surface area contributed by atoms with Gasteiger partial charge in [-0.3, -0.25) is 0 Å². The molecule has 0 amide bonds. The molecule has 1 heteroatoms. The number of fused-ring (bicyclic) bond motifs is 1. The third-order valence-electron chi connectivity index (χ3n) is 4.15. The highest BCUT2D eigenvalue weighted by molar-refractivity contribution is 6.24. The predicted octanol–water partition coefficient (Wildman–Crippen LogP) is 6.17. The molecule has 0 radical (unpaired) electrons. The van der Waals surface area contributed by atoms with Gasteiger partial charge in [0.2, 0.25) is 0 Å². The maximum atomic E-state index is 4.99. The van der Waals surface area contributed by atoms with Crippen LogP contribution in [-0.2, 0) is 0 Å². The zero-order valence-electron chi connectivity index (χ0n) is 13.5. The molecule has 0 fully saturated rings. The molecule has 1 nitrogen and oxygen atoms in total. The van der Waals surface area contributed by atoms with Crippen molar-refractivity contribution in [1.82, 2.24) is 0 Å². The minimum absolute atomic E-state index is 1.04. The largest absolute Gasteiger partial charge is 0.248 e. The average molecular weight is 289 g/mol. The Hall–Kier alpha value is -2.15. The Kier molecular flexibility index (Phi) is 4.53. The maximum Gasteiger partial charge on any atom is 0.0750 e. The van der Waals surface area contributed by atoms with Gasteiger partial charge in [0.15, 0.2) is 0 Å². The SMILES string of the molecule is CCCC1=C(CCC)c2ccccc2C1=Nc1ccccc1. The molecular formula is C21H23N. The van der Waals surface area contributed by atoms with Crippen molar-refractivity contribution in [3.63, 3.8) is 0 Å². The summed E-state index contributed by atoms with van der Waals surface area (Å²) in [4.78, 5) is 4.99. The van der Waals surface area contributed by atoms with Crippen LogP contribution in [0.5, 0.6) is 0 Å². The minimum atomic E-state index is 1.04. The molecule has 112 valence electrons. The molecule has 0 atom stereocenters. The summed E-state index contributed by atoms with van der Waals surface area (Å²) in [5.41, 5.74) is 7.88. The zero-order valence-corrected chi connectivity index (χ0v) is 13.5. The van der Waals surface area contributed by atoms with E-state index in [9.17, 15) is 0 Å². The predicted molar refractivity (Wildman–Crippen MR) is 95.8 cm³/mol. The molecule has 1 aliphatic carbocycles. The van der Waals surface area contributed by atoms with E-state index in [4.69, 9.17) is 4.99 Å². The maximum absolute atomic E-state index is 4.99. The van der Waals surface area contributed by atoms with Gasteiger partial charge < -0.3 is 0 Å². The number of hydrogen-bond acceptors (Lipinski definition) is 1. The van der Waals surface area contributed by atoms with E-state index in [0.29, 0.717) is 0 Å². The van der Waals surface area contributed by atoms with Crippen molar-refractivity contribution in [2.75, 3.05) is 0 Å². The van der Waals surface area contributed by atoms with Crippen molar-refractivity contribution in [3.05, 3.63) is 71.3 Å². The van der Waals surface area contributed by atoms with Crippen LogP contribution in [0, 0.1) is 0 Å². The van der Waals surface area contributed by atoms with Crippen LogP contribution in [0.1, 0.15) is 50.7 Å². The highest BCUT2D eigenvalue weighted by Gasteiger charge is 2.26. The first-order valence-electron chi connectivity index (χ1n) is 8.31. The van der Waals surface area contributed by atoms with Gasteiger partial charge in [0.25, 0.3) is 0 Å². The van der Waals surface area contributed by atoms with Gasteiger partial charge in [-0.1, -0.05) is 69.2 Å². The first kappa shape index (κ1) is 14.8. The number of rotatable bonds is 5. The Bertz CT molecular complexity index is 708. The van der Waals surface area contributed by atoms with Crippen molar-refractivity contribution in [2.24, 2.45) is 4.99 Å². The lowest BCUT2D eigenvalue weighted by Gasteiger charge is -2.07. The minimum Gasteiger partial charge on any atom is -0.248 e. The second-order valence-corrected chi connectivity index (χ2v) is 5.80. The van der Waals surface area contributed by atoms with Crippen molar-refractivity contribution < 1.29 is 0 Å². The van der Waals surface area contributed by atoms with Gasteiger partial charge in [0, 0.05) is 5.56 Å². The molecule has 3 rings (SSSR count). The second-order valence-electron chi connectivity index (χ2n) is 5.80. The summed E-state index contributed by atoms with van der Waals surface area (Å²) < 4.78 is 0. The highest BCUT2D eigenvalue weighted by atomic mass is 14.8. The van der Waals surface area contributed by atoms with Gasteiger partial charge in [-0.2, -0.15) is 0 Å². The van der Waals surface area contributed by atoms with Crippen LogP contribution in [0.15, 0.2) is 65.2 Å². The lowest BCUT2D eigenvalue weighted by molar-refractivity contribution is 0.918. The van der Waals surface area contributed by atoms with Gasteiger partial charge in [-0.25, -0.2) is 4.99 Å². The molecule has 0 heterocycles. The van der Waals surface area contributed by atoms with E-state index in [1.807, 2.05) is 6.07 Å². The number of hydrogen-bond donors (Lipinski definition) is 0. The van der Waals surface area contributed by atoms with E-state index in [1.165, 1.54) is 34.4 Å². The van der Waals surface area contributed by atoms with Crippen LogP contribution in [0.4, 0.5) is 5.69 Å². The van der Waals surface area contributed by atoms with Gasteiger partial charge in [-0.05, 0) is 41.7 Å². The third-order valence-corrected chi connectivity index (χ3v) is 4.15. The molecule has 0 N–H and O–H groups in total. The number of allylic oxidation sites excluding steroid dienone is 2. The number of nitrogens with zero attached hydrogens (tertiary/aromatic N) is 1. The number of benzene rings is 2. The fourth-order valence-corrected chi connectivity index (χ4v) is 3.23. The molecule has 0 saturated heterocycles. The summed E-state index contributed by atoms with van der Waals surface area (Å²) in [5, 5.41) is 0. The molecule has 1 aliphatic rings. The smallest absolute Gasteiger partial charge is 0.0750 e. The molecule has 0 unspecified atom stereocenters. The lowest BCUT2D eigenvalue weighted by atomic mass is 9.99. The monoisotopic (exact) mass is 289 g/mol. The fraction of sp³-hybridized carbons (Fsp3) is 0.286. The van der Waals surface area contributed by atoms with Crippen LogP contribution < -0.4 is 0 Å². The van der Waals surface area contributed by atoms with E-state index < -0.39 is 0 Å². The summed E-state index contributed by atoms with van der Waals surface area (Å²) in [5.74, 6) is 0. The standard InChI is InChI=1S/C21H23N/c1-3-10-17-18-14-8-9-15-20(18)21(19(17)11-4-2)22-16-12-6-5-7-13-16/h5-9,12-15H,3-4,10-11H2,1-2H3. The van der Waals surface area contributed by atoms with Crippen LogP contribution in [0.3, 0.4) is 0 Å². The summed E-state index contributed by atoms with van der Waals surface area (Å²) in [7, 11) is 0. The molecule has 0 saturated carbocycles. The third kappa shape index (κ3) is 2.76. The zero-order chi connectivity index (χ0) is 15.4. The summed E-state index contributed by atoms with van der Waals surface area (Å²) in [6.07, 6.45) is 4.58. The fourth-order valence-electron chi connectivity index (χ4n) is 3.23. The Morgan fingerprint density at radius 1 is 0.682 bits per heavy atom. The van der Waals surface area contributed by atoms with Gasteiger partial charge in [0.05, 0.1) is 11.4 Å². The Balaban J connectivity index is 2.16. The Morgan fingerprint density at radius 2 is 1.27 bits per heavy atom. The first-order valence-corrected chi connectivity index (χ1v) is 8.31. The molecule has 2 aromatic carbocycles. The lowest BCUT2D eigenvalue weighted by Crippen LogP contribution is -2.00. The number of aliphatic imine (C=N–C) groups is 1. The highest BCUT2D eigenvalue weighted by Crippen LogP contribution is 2.39. The molecule has 0 spiro atoms. The molecule has 0 bridgehead atoms. The molecule has 0 aliphatic heterocycles. The van der Waals surface area contributed by atoms with Gasteiger partial charge in [-0.15, -0.1) is 0 Å². The molecule has 22 heavy (non-hydrogen) atoms. The topological polar surface area (TPSA) is 12.4 Å². The van der Waals surface area contributed by atoms with E-state index >= 15 is 0 Å². The molecule has 2 aromatic rings. The second kappa shape index (κ2) is 6.74. The van der Waals surface area contributed by atoms with Crippen LogP contribution in [0.2, 0.25) is 0 Å². The molecular weight excluding hydrogens is 266 g/mol. The van der Waals surface area contributed by atoms with Gasteiger partial charge >= 0.3 is 0 Å². The Morgan fingerprint density at radius 3 is 1.95 bits per heavy atom. The van der Waals surface area contributed by atoms with Crippen molar-refractivity contribution in [3.8, 4) is 0 Å². The quantitative estimate of drug-likeness (QED) is 0.623. The van der Waals surface area contributed by atoms with Crippen molar-refractivity contribution >= 4 is 17.0 Å². The van der Waals surface area contributed by atoms with E-state index in [2.05, 4.69) is 62.4 Å². The summed E-state index contributed by atoms with van der Waals surface area (Å²) in [6.45, 7) is 4.51. The van der Waals surface area contributed by atoms with E-state index in [0.717, 1.165) is 24.9 Å². The van der Waals surface area contributed by atoms with Crippen LogP contribution in [0.25, 0.3) is 5.57 Å². The average Bonchev–Trinajstić information content (AvgIpc) is 2.84. The normalized spacial score (nSPS) is 15.5. The van der Waals surface area contributed by atoms with Crippen LogP contribution in [-0.4, -0.2) is 5.71 Å². The van der Waals surface area contributed by atoms with Crippen molar-refractivity contribution in [1.29, 1.82) is 0 Å². The Labute approximate surface area is 133 Å². The summed E-state index contributed by atoms with van der Waals surface area (Å²) >= 11 is 0. The summed E-state index contributed by atoms with van der Waals surface area (Å²) in [6, 6.07) is 19.0. The van der Waals surface area contributed by atoms with Gasteiger partial charge in [0.1, 0.15) is 0 Å². The van der Waals surface area contributed by atoms with Crippen LogP contribution >= 0.6 is 0 Å². The van der Waals surface area contributed by atoms with Crippen molar-refractivity contribution in [2.45, 2.75) is 39.5 Å². The van der Waals surface area contributed by atoms with E-state index in [1.54, 1.807) is 0 Å². The van der Waals surface area contributed by atoms with E-state index in [-0.39, 0.29) is 0 Å². The number of para-hydroxylation sites is 1. The molecule has 0 aromatic heterocycles. The first-order chi connectivity index (χ1) is 10.8.